The Hall–Kier alpha value is -3.79. The van der Waals surface area contributed by atoms with E-state index in [9.17, 15) is 17.6 Å². The Labute approximate surface area is 191 Å². The molecule has 0 bridgehead atoms. The fourth-order valence-electron chi connectivity index (χ4n) is 3.00. The van der Waals surface area contributed by atoms with Crippen LogP contribution in [-0.4, -0.2) is 62.0 Å². The van der Waals surface area contributed by atoms with Gasteiger partial charge in [-0.25, -0.2) is 12.8 Å². The Bertz CT molecular complexity index is 1370. The van der Waals surface area contributed by atoms with Crippen LogP contribution < -0.4 is 4.74 Å². The van der Waals surface area contributed by atoms with Crippen molar-refractivity contribution in [1.29, 1.82) is 0 Å². The van der Waals surface area contributed by atoms with Crippen LogP contribution in [0.25, 0.3) is 27.9 Å². The standard InChI is InChI=1S/C20H16FN3O3S.C3H7NO/c1-27-18-12-11-17-19(13-5-9-16(10-6-13)28(2,25)26)20(23-24(17)22-18)14-3-7-15(21)8-4-14;1-4(2)3-5/h3-12H,1-2H3;3H,1-2H3. The summed E-state index contributed by atoms with van der Waals surface area (Å²) in [6.07, 6.45) is 1.91. The molecule has 8 nitrogen and oxygen atoms in total. The van der Waals surface area contributed by atoms with Crippen molar-refractivity contribution >= 4 is 21.8 Å². The number of rotatable bonds is 5. The van der Waals surface area contributed by atoms with Crippen LogP contribution in [0.5, 0.6) is 5.88 Å². The minimum Gasteiger partial charge on any atom is -0.480 e. The monoisotopic (exact) mass is 470 g/mol. The predicted octanol–water partition coefficient (Wildman–Crippen LogP) is 3.32. The molecule has 1 amide bonds. The molecule has 0 saturated heterocycles. The van der Waals surface area contributed by atoms with Gasteiger partial charge in [0.1, 0.15) is 11.5 Å². The summed E-state index contributed by atoms with van der Waals surface area (Å²) in [6.45, 7) is 0. The van der Waals surface area contributed by atoms with Crippen LogP contribution in [0.4, 0.5) is 4.39 Å². The molecule has 2 aromatic heterocycles. The highest BCUT2D eigenvalue weighted by Gasteiger charge is 2.18. The summed E-state index contributed by atoms with van der Waals surface area (Å²) in [7, 11) is 1.59. The van der Waals surface area contributed by atoms with Crippen molar-refractivity contribution < 1.29 is 22.3 Å². The first-order valence-corrected chi connectivity index (χ1v) is 11.7. The quantitative estimate of drug-likeness (QED) is 0.416. The zero-order valence-corrected chi connectivity index (χ0v) is 19.4. The third-order valence-electron chi connectivity index (χ3n) is 4.59. The van der Waals surface area contributed by atoms with Crippen molar-refractivity contribution in [2.24, 2.45) is 0 Å². The molecule has 0 aliphatic carbocycles. The Kier molecular flexibility index (Phi) is 7.07. The van der Waals surface area contributed by atoms with E-state index in [4.69, 9.17) is 4.74 Å². The molecule has 172 valence electrons. The highest BCUT2D eigenvalue weighted by molar-refractivity contribution is 7.90. The third-order valence-corrected chi connectivity index (χ3v) is 5.72. The molecule has 0 saturated carbocycles. The summed E-state index contributed by atoms with van der Waals surface area (Å²) in [5.74, 6) is 0.0611. The minimum atomic E-state index is -3.30. The van der Waals surface area contributed by atoms with Crippen molar-refractivity contribution in [2.75, 3.05) is 27.5 Å². The van der Waals surface area contributed by atoms with Gasteiger partial charge in [-0.3, -0.25) is 4.79 Å². The Morgan fingerprint density at radius 2 is 1.52 bits per heavy atom. The van der Waals surface area contributed by atoms with Crippen molar-refractivity contribution in [3.63, 3.8) is 0 Å². The SMILES string of the molecule is CN(C)C=O.COc1ccc2c(-c3ccc(S(C)(=O)=O)cc3)c(-c3ccc(F)cc3)nn2n1. The number of methoxy groups -OCH3 is 1. The van der Waals surface area contributed by atoms with E-state index in [-0.39, 0.29) is 10.7 Å². The molecule has 2 heterocycles. The Morgan fingerprint density at radius 3 is 2.03 bits per heavy atom. The number of amides is 1. The highest BCUT2D eigenvalue weighted by Crippen LogP contribution is 2.35. The normalized spacial score (nSPS) is 10.9. The number of carbonyl (C=O) groups excluding carboxylic acids is 1. The molecular formula is C23H23FN4O4S. The maximum Gasteiger partial charge on any atom is 0.233 e. The molecule has 33 heavy (non-hydrogen) atoms. The van der Waals surface area contributed by atoms with E-state index in [0.717, 1.165) is 23.8 Å². The summed E-state index contributed by atoms with van der Waals surface area (Å²) in [4.78, 5) is 11.1. The van der Waals surface area contributed by atoms with Gasteiger partial charge in [-0.05, 0) is 48.0 Å². The lowest BCUT2D eigenvalue weighted by atomic mass is 10.00. The number of benzene rings is 2. The molecule has 4 rings (SSSR count). The van der Waals surface area contributed by atoms with E-state index < -0.39 is 9.84 Å². The van der Waals surface area contributed by atoms with Crippen LogP contribution in [0.3, 0.4) is 0 Å². The number of hydrogen-bond acceptors (Lipinski definition) is 6. The van der Waals surface area contributed by atoms with Gasteiger partial charge < -0.3 is 9.64 Å². The largest absolute Gasteiger partial charge is 0.480 e. The second-order valence-electron chi connectivity index (χ2n) is 7.35. The number of carbonyl (C=O) groups is 1. The molecule has 0 spiro atoms. The van der Waals surface area contributed by atoms with Gasteiger partial charge in [0.05, 0.1) is 17.5 Å². The summed E-state index contributed by atoms with van der Waals surface area (Å²) in [5, 5.41) is 8.87. The van der Waals surface area contributed by atoms with E-state index in [1.54, 1.807) is 56.6 Å². The minimum absolute atomic E-state index is 0.232. The number of halogens is 1. The smallest absolute Gasteiger partial charge is 0.233 e. The van der Waals surface area contributed by atoms with Gasteiger partial charge in [-0.1, -0.05) is 12.1 Å². The van der Waals surface area contributed by atoms with Crippen molar-refractivity contribution in [2.45, 2.75) is 4.90 Å². The molecule has 0 fully saturated rings. The number of sulfone groups is 1. The van der Waals surface area contributed by atoms with Crippen LogP contribution in [0.15, 0.2) is 65.6 Å². The summed E-state index contributed by atoms with van der Waals surface area (Å²) >= 11 is 0. The fraction of sp³-hybridized carbons (Fsp3) is 0.174. The van der Waals surface area contributed by atoms with Crippen LogP contribution in [0, 0.1) is 5.82 Å². The van der Waals surface area contributed by atoms with Gasteiger partial charge in [-0.15, -0.1) is 14.8 Å². The predicted molar refractivity (Wildman–Crippen MR) is 123 cm³/mol. The molecule has 2 aromatic carbocycles. The van der Waals surface area contributed by atoms with Crippen molar-refractivity contribution in [3.05, 3.63) is 66.5 Å². The molecule has 0 radical (unpaired) electrons. The first-order valence-electron chi connectivity index (χ1n) is 9.76. The van der Waals surface area contributed by atoms with Crippen LogP contribution in [-0.2, 0) is 14.6 Å². The number of hydrogen-bond donors (Lipinski definition) is 0. The van der Waals surface area contributed by atoms with Gasteiger partial charge in [-0.2, -0.15) is 0 Å². The van der Waals surface area contributed by atoms with E-state index in [0.29, 0.717) is 22.7 Å². The Morgan fingerprint density at radius 1 is 0.939 bits per heavy atom. The van der Waals surface area contributed by atoms with E-state index in [1.807, 2.05) is 6.07 Å². The lowest BCUT2D eigenvalue weighted by Gasteiger charge is -2.06. The van der Waals surface area contributed by atoms with Gasteiger partial charge in [0, 0.05) is 37.5 Å². The molecule has 0 N–H and O–H groups in total. The maximum atomic E-state index is 13.4. The molecule has 10 heteroatoms. The van der Waals surface area contributed by atoms with E-state index in [1.165, 1.54) is 28.8 Å². The van der Waals surface area contributed by atoms with Gasteiger partial charge in [0.25, 0.3) is 0 Å². The second-order valence-corrected chi connectivity index (χ2v) is 9.36. The van der Waals surface area contributed by atoms with Crippen LogP contribution in [0.1, 0.15) is 0 Å². The van der Waals surface area contributed by atoms with Gasteiger partial charge in [0.15, 0.2) is 9.84 Å². The second kappa shape index (κ2) is 9.78. The van der Waals surface area contributed by atoms with E-state index >= 15 is 0 Å². The topological polar surface area (TPSA) is 93.9 Å². The van der Waals surface area contributed by atoms with E-state index in [2.05, 4.69) is 10.2 Å². The van der Waals surface area contributed by atoms with Crippen LogP contribution >= 0.6 is 0 Å². The van der Waals surface area contributed by atoms with Crippen molar-refractivity contribution in [1.82, 2.24) is 19.7 Å². The first-order chi connectivity index (χ1) is 15.6. The summed E-state index contributed by atoms with van der Waals surface area (Å²) in [5.41, 5.74) is 3.57. The van der Waals surface area contributed by atoms with Crippen LogP contribution in [0.2, 0.25) is 0 Å². The zero-order chi connectivity index (χ0) is 24.2. The number of fused-ring (bicyclic) bond motifs is 1. The lowest BCUT2D eigenvalue weighted by molar-refractivity contribution is -0.115. The third kappa shape index (κ3) is 5.53. The molecule has 0 aliphatic rings. The number of nitrogens with zero attached hydrogens (tertiary/aromatic N) is 4. The maximum absolute atomic E-state index is 13.4. The average molecular weight is 471 g/mol. The lowest BCUT2D eigenvalue weighted by Crippen LogP contribution is -2.06. The highest BCUT2D eigenvalue weighted by atomic mass is 32.2. The summed E-state index contributed by atoms with van der Waals surface area (Å²) in [6, 6.07) is 16.1. The number of ether oxygens (including phenoxy) is 1. The Balaban J connectivity index is 0.000000555. The summed E-state index contributed by atoms with van der Waals surface area (Å²) < 4.78 is 43.5. The fourth-order valence-corrected chi connectivity index (χ4v) is 3.63. The molecule has 0 atom stereocenters. The van der Waals surface area contributed by atoms with Crippen molar-refractivity contribution in [3.8, 4) is 28.3 Å². The molecular weight excluding hydrogens is 447 g/mol. The first kappa shape index (κ1) is 23.9. The molecule has 0 aliphatic heterocycles. The molecule has 4 aromatic rings. The average Bonchev–Trinajstić information content (AvgIpc) is 3.18. The van der Waals surface area contributed by atoms with Gasteiger partial charge in [0.2, 0.25) is 12.3 Å². The number of aromatic nitrogens is 3. The molecule has 0 unspecified atom stereocenters. The zero-order valence-electron chi connectivity index (χ0n) is 18.6. The van der Waals surface area contributed by atoms with Gasteiger partial charge >= 0.3 is 0 Å².